The number of esters is 1. The first kappa shape index (κ1) is 46.0. The highest BCUT2D eigenvalue weighted by Crippen LogP contribution is 2.39. The van der Waals surface area contributed by atoms with E-state index in [9.17, 15) is 29.4 Å². The molecule has 3 heterocycles. The topological polar surface area (TPSA) is 149 Å². The summed E-state index contributed by atoms with van der Waals surface area (Å²) in [5.74, 6) is -6.45. The molecule has 2 N–H and O–H groups in total. The van der Waals surface area contributed by atoms with E-state index in [1.807, 2.05) is 19.9 Å². The van der Waals surface area contributed by atoms with Crippen LogP contribution in [0.25, 0.3) is 0 Å². The van der Waals surface area contributed by atoms with Crippen molar-refractivity contribution < 1.29 is 48.3 Å². The molecule has 4 aliphatic rings. The van der Waals surface area contributed by atoms with Gasteiger partial charge >= 0.3 is 5.97 Å². The van der Waals surface area contributed by atoms with Crippen LogP contribution in [-0.4, -0.2) is 102 Å². The predicted molar refractivity (Wildman–Crippen MR) is 214 cm³/mol. The molecule has 2 saturated heterocycles. The number of ketones is 2. The van der Waals surface area contributed by atoms with Gasteiger partial charge in [-0.2, -0.15) is 0 Å². The number of rotatable bonds is 7. The maximum absolute atomic E-state index is 14.3. The van der Waals surface area contributed by atoms with E-state index in [2.05, 4.69) is 26.5 Å². The van der Waals surface area contributed by atoms with Crippen molar-refractivity contribution in [2.45, 2.75) is 167 Å². The summed E-state index contributed by atoms with van der Waals surface area (Å²) >= 11 is 0. The number of piperidine rings is 1. The molecular weight excluding hydrogens is 714 g/mol. The van der Waals surface area contributed by atoms with Gasteiger partial charge in [0.25, 0.3) is 11.7 Å². The van der Waals surface area contributed by atoms with Crippen LogP contribution in [0.4, 0.5) is 0 Å². The summed E-state index contributed by atoms with van der Waals surface area (Å²) in [6, 6.07) is -1.09. The van der Waals surface area contributed by atoms with Gasteiger partial charge in [-0.25, -0.2) is 4.79 Å². The summed E-state index contributed by atoms with van der Waals surface area (Å²) in [6.45, 7) is 15.6. The number of aliphatic hydroxyl groups excluding tert-OH is 1. The molecule has 0 aromatic rings. The van der Waals surface area contributed by atoms with Crippen LogP contribution in [-0.2, 0) is 38.1 Å². The fraction of sp³-hybridized carbons (Fsp3) is 0.778. The molecule has 1 amide bonds. The van der Waals surface area contributed by atoms with Gasteiger partial charge in [-0.15, -0.1) is 6.58 Å². The van der Waals surface area contributed by atoms with Crippen LogP contribution in [0.1, 0.15) is 125 Å². The molecule has 0 spiro atoms. The second-order valence-electron chi connectivity index (χ2n) is 17.6. The van der Waals surface area contributed by atoms with E-state index in [1.54, 1.807) is 27.0 Å². The Labute approximate surface area is 335 Å². The minimum Gasteiger partial charge on any atom is -0.456 e. The van der Waals surface area contributed by atoms with E-state index in [0.29, 0.717) is 43.9 Å². The molecule has 3 fully saturated rings. The zero-order valence-corrected chi connectivity index (χ0v) is 35.4. The van der Waals surface area contributed by atoms with Gasteiger partial charge in [0, 0.05) is 44.9 Å². The quantitative estimate of drug-likeness (QED) is 0.163. The lowest BCUT2D eigenvalue weighted by Gasteiger charge is -2.47. The molecule has 13 atom stereocenters. The molecule has 0 aromatic heterocycles. The molecule has 4 rings (SSSR count). The van der Waals surface area contributed by atoms with Gasteiger partial charge in [0.2, 0.25) is 5.79 Å². The van der Waals surface area contributed by atoms with E-state index in [1.165, 1.54) is 18.4 Å². The van der Waals surface area contributed by atoms with Crippen molar-refractivity contribution in [2.24, 2.45) is 35.5 Å². The number of cyclic esters (lactones) is 1. The van der Waals surface area contributed by atoms with E-state index < -0.39 is 77.8 Å². The average molecular weight is 786 g/mol. The Kier molecular flexibility index (Phi) is 17.1. The van der Waals surface area contributed by atoms with Crippen molar-refractivity contribution in [3.63, 3.8) is 0 Å². The number of ether oxygens (including phenoxy) is 4. The van der Waals surface area contributed by atoms with Crippen molar-refractivity contribution in [1.29, 1.82) is 0 Å². The molecule has 11 nitrogen and oxygen atoms in total. The summed E-state index contributed by atoms with van der Waals surface area (Å²) < 4.78 is 24.3. The van der Waals surface area contributed by atoms with E-state index >= 15 is 0 Å². The van der Waals surface area contributed by atoms with Crippen molar-refractivity contribution >= 4 is 23.4 Å². The second-order valence-corrected chi connectivity index (χ2v) is 17.6. The fourth-order valence-electron chi connectivity index (χ4n) is 9.73. The SMILES string of the molecule is C=CC[C@@H]1/C=C(\C)C[C@H](C)C[C@H](OC)[C@H]2O[C@@](O)(C(=O)C(=O)N3CCCC[C@H]3C(=O)O[C@H](/C(C)=C/[C@@H]3CCCC(CC)C3)[C@H](C)[C@@H](O)CC1=O)[C@H](C)C[C@@H]2OC. The lowest BCUT2D eigenvalue weighted by molar-refractivity contribution is -0.302. The molecule has 0 radical (unpaired) electrons. The summed E-state index contributed by atoms with van der Waals surface area (Å²) in [5, 5.41) is 23.7. The van der Waals surface area contributed by atoms with Gasteiger partial charge in [-0.05, 0) is 95.0 Å². The Morgan fingerprint density at radius 2 is 1.70 bits per heavy atom. The van der Waals surface area contributed by atoms with Crippen molar-refractivity contribution in [3.05, 3.63) is 36.0 Å². The first-order valence-electron chi connectivity index (χ1n) is 21.3. The highest BCUT2D eigenvalue weighted by atomic mass is 16.7. The summed E-state index contributed by atoms with van der Waals surface area (Å²) in [4.78, 5) is 57.9. The van der Waals surface area contributed by atoms with Crippen LogP contribution >= 0.6 is 0 Å². The Morgan fingerprint density at radius 3 is 2.36 bits per heavy atom. The zero-order valence-electron chi connectivity index (χ0n) is 35.4. The van der Waals surface area contributed by atoms with Crippen molar-refractivity contribution in [3.8, 4) is 0 Å². The molecule has 0 aromatic carbocycles. The Bertz CT molecular complexity index is 1440. The second kappa shape index (κ2) is 20.8. The summed E-state index contributed by atoms with van der Waals surface area (Å²) in [6.07, 6.45) is 10.3. The highest BCUT2D eigenvalue weighted by Gasteiger charge is 2.56. The summed E-state index contributed by atoms with van der Waals surface area (Å²) in [7, 11) is 3.08. The Morgan fingerprint density at radius 1 is 1.00 bits per heavy atom. The molecule has 1 unspecified atom stereocenters. The van der Waals surface area contributed by atoms with E-state index in [4.69, 9.17) is 18.9 Å². The fourth-order valence-corrected chi connectivity index (χ4v) is 9.73. The minimum absolute atomic E-state index is 0.0332. The monoisotopic (exact) mass is 786 g/mol. The molecule has 3 aliphatic heterocycles. The maximum Gasteiger partial charge on any atom is 0.329 e. The molecule has 2 bridgehead atoms. The Hall–Kier alpha value is -2.70. The van der Waals surface area contributed by atoms with Gasteiger partial charge in [0.15, 0.2) is 0 Å². The molecule has 1 aliphatic carbocycles. The number of hydrogen-bond acceptors (Lipinski definition) is 10. The predicted octanol–water partition coefficient (Wildman–Crippen LogP) is 6.68. The number of methoxy groups -OCH3 is 2. The first-order chi connectivity index (χ1) is 26.6. The standard InChI is InChI=1S/C45H71NO10/c1-10-15-34-21-27(3)20-28(4)22-38(53-8)41-39(54-9)24-30(6)45(52,56-41)42(49)43(50)46-19-13-12-18-35(46)44(51)55-40(31(7)36(47)26-37(34)48)29(5)23-33-17-14-16-32(11-2)25-33/h10,21,23,28,30-36,38-41,47,52H,1,11-20,22,24-26H2,2-9H3/b27-21+,29-23+/t28-,30+,31+,32?,33-,34+,35-,36-,38-,39-,40+,41+,45+/m0/s1. The van der Waals surface area contributed by atoms with Crippen LogP contribution < -0.4 is 0 Å². The zero-order chi connectivity index (χ0) is 41.3. The number of carbonyl (C=O) groups is 4. The number of fused-ring (bicyclic) bond motifs is 3. The van der Waals surface area contributed by atoms with Gasteiger partial charge in [0.1, 0.15) is 24.0 Å². The first-order valence-corrected chi connectivity index (χ1v) is 21.3. The molecule has 1 saturated carbocycles. The smallest absolute Gasteiger partial charge is 0.329 e. The normalized spacial score (nSPS) is 40.1. The maximum atomic E-state index is 14.3. The third-order valence-corrected chi connectivity index (χ3v) is 13.2. The lowest BCUT2D eigenvalue weighted by atomic mass is 9.78. The van der Waals surface area contributed by atoms with Crippen LogP contribution in [0.2, 0.25) is 0 Å². The third kappa shape index (κ3) is 11.1. The molecule has 56 heavy (non-hydrogen) atoms. The average Bonchev–Trinajstić information content (AvgIpc) is 3.18. The number of nitrogens with zero attached hydrogens (tertiary/aromatic N) is 1. The largest absolute Gasteiger partial charge is 0.456 e. The number of carbonyl (C=O) groups excluding carboxylic acids is 4. The highest BCUT2D eigenvalue weighted by molar-refractivity contribution is 6.39. The molecule has 11 heteroatoms. The van der Waals surface area contributed by atoms with E-state index in [0.717, 1.165) is 36.8 Å². The van der Waals surface area contributed by atoms with Gasteiger partial charge in [0.05, 0.1) is 18.3 Å². The van der Waals surface area contributed by atoms with Gasteiger partial charge in [-0.1, -0.05) is 70.8 Å². The van der Waals surface area contributed by atoms with Gasteiger partial charge < -0.3 is 34.1 Å². The summed E-state index contributed by atoms with van der Waals surface area (Å²) in [5.41, 5.74) is 1.78. The van der Waals surface area contributed by atoms with Crippen LogP contribution in [0.15, 0.2) is 36.0 Å². The Balaban J connectivity index is 1.78. The number of Topliss-reactive ketones (excluding diaryl/α,β-unsaturated/α-hetero) is 2. The van der Waals surface area contributed by atoms with Crippen LogP contribution in [0.3, 0.4) is 0 Å². The number of hydrogen-bond donors (Lipinski definition) is 2. The number of amides is 1. The van der Waals surface area contributed by atoms with Gasteiger partial charge in [-0.3, -0.25) is 14.4 Å². The third-order valence-electron chi connectivity index (χ3n) is 13.2. The lowest BCUT2D eigenvalue weighted by Crippen LogP contribution is -2.64. The number of aliphatic hydroxyl groups is 2. The number of allylic oxidation sites excluding steroid dienone is 4. The molecular formula is C45H71NO10. The van der Waals surface area contributed by atoms with Crippen LogP contribution in [0, 0.1) is 35.5 Å². The van der Waals surface area contributed by atoms with Crippen molar-refractivity contribution in [1.82, 2.24) is 4.90 Å². The van der Waals surface area contributed by atoms with Crippen molar-refractivity contribution in [2.75, 3.05) is 20.8 Å². The van der Waals surface area contributed by atoms with Crippen LogP contribution in [0.5, 0.6) is 0 Å². The molecule has 316 valence electrons. The minimum atomic E-state index is -2.48. The van der Waals surface area contributed by atoms with E-state index in [-0.39, 0.29) is 37.5 Å².